The molecule has 2 heterocycles. The molecule has 0 aliphatic carbocycles. The van der Waals surface area contributed by atoms with Crippen LogP contribution in [0.1, 0.15) is 40.4 Å². The van der Waals surface area contributed by atoms with E-state index in [4.69, 9.17) is 0 Å². The van der Waals surface area contributed by atoms with Gasteiger partial charge in [0.05, 0.1) is 19.3 Å². The fourth-order valence-electron chi connectivity index (χ4n) is 1.75. The van der Waals surface area contributed by atoms with Crippen LogP contribution in [0.15, 0.2) is 23.7 Å². The third kappa shape index (κ3) is 3.54. The lowest BCUT2D eigenvalue weighted by Gasteiger charge is -2.15. The van der Waals surface area contributed by atoms with Gasteiger partial charge in [-0.15, -0.1) is 11.3 Å². The molecule has 1 atom stereocenters. The Morgan fingerprint density at radius 1 is 1.58 bits per heavy atom. The molecule has 0 bridgehead atoms. The first-order chi connectivity index (χ1) is 9.24. The van der Waals surface area contributed by atoms with Crippen LogP contribution in [0.3, 0.4) is 0 Å². The van der Waals surface area contributed by atoms with Crippen molar-refractivity contribution >= 4 is 33.8 Å². The lowest BCUT2D eigenvalue weighted by atomic mass is 10.1. The third-order valence-corrected chi connectivity index (χ3v) is 4.55. The number of methoxy groups -OCH3 is 1. The van der Waals surface area contributed by atoms with Gasteiger partial charge in [-0.3, -0.25) is 0 Å². The molecule has 0 fully saturated rings. The Kier molecular flexibility index (Phi) is 4.93. The minimum Gasteiger partial charge on any atom is -0.465 e. The number of esters is 1. The second-order valence-corrected chi connectivity index (χ2v) is 6.03. The molecule has 0 radical (unpaired) electrons. The SMILES string of the molecule is CCCC(Nc1ncc(C(=O)OC)s1)c1cccs1. The quantitative estimate of drug-likeness (QED) is 0.820. The molecule has 2 rings (SSSR count). The molecule has 1 N–H and O–H groups in total. The number of nitrogens with zero attached hydrogens (tertiary/aromatic N) is 1. The smallest absolute Gasteiger partial charge is 0.349 e. The zero-order chi connectivity index (χ0) is 13.7. The number of nitrogens with one attached hydrogen (secondary N) is 1. The summed E-state index contributed by atoms with van der Waals surface area (Å²) in [5.74, 6) is -0.339. The second-order valence-electron chi connectivity index (χ2n) is 4.02. The predicted molar refractivity (Wildman–Crippen MR) is 79.0 cm³/mol. The first kappa shape index (κ1) is 14.0. The summed E-state index contributed by atoms with van der Waals surface area (Å²) in [6, 6.07) is 4.42. The summed E-state index contributed by atoms with van der Waals surface area (Å²) in [5, 5.41) is 6.22. The number of aromatic nitrogens is 1. The summed E-state index contributed by atoms with van der Waals surface area (Å²) in [6.07, 6.45) is 3.68. The normalized spacial score (nSPS) is 12.1. The van der Waals surface area contributed by atoms with E-state index >= 15 is 0 Å². The predicted octanol–water partition coefficient (Wildman–Crippen LogP) is 3.94. The summed E-state index contributed by atoms with van der Waals surface area (Å²) in [7, 11) is 1.38. The first-order valence-corrected chi connectivity index (χ1v) is 7.78. The highest BCUT2D eigenvalue weighted by Gasteiger charge is 2.15. The highest BCUT2D eigenvalue weighted by Crippen LogP contribution is 2.29. The van der Waals surface area contributed by atoms with Crippen molar-refractivity contribution in [2.45, 2.75) is 25.8 Å². The average molecular weight is 296 g/mol. The van der Waals surface area contributed by atoms with Crippen LogP contribution in [-0.2, 0) is 4.74 Å². The lowest BCUT2D eigenvalue weighted by Crippen LogP contribution is -2.08. The molecule has 0 aliphatic heterocycles. The fourth-order valence-corrected chi connectivity index (χ4v) is 3.35. The molecule has 102 valence electrons. The Balaban J connectivity index is 2.09. The average Bonchev–Trinajstić information content (AvgIpc) is 3.08. The van der Waals surface area contributed by atoms with Gasteiger partial charge in [0.25, 0.3) is 0 Å². The van der Waals surface area contributed by atoms with Gasteiger partial charge in [-0.2, -0.15) is 0 Å². The minimum absolute atomic E-state index is 0.252. The maximum Gasteiger partial charge on any atom is 0.349 e. The maximum atomic E-state index is 11.4. The van der Waals surface area contributed by atoms with Gasteiger partial charge in [0.1, 0.15) is 4.88 Å². The van der Waals surface area contributed by atoms with Crippen molar-refractivity contribution < 1.29 is 9.53 Å². The van der Waals surface area contributed by atoms with E-state index in [9.17, 15) is 4.79 Å². The van der Waals surface area contributed by atoms with Crippen LogP contribution < -0.4 is 5.32 Å². The van der Waals surface area contributed by atoms with Gasteiger partial charge in [-0.25, -0.2) is 9.78 Å². The van der Waals surface area contributed by atoms with E-state index in [2.05, 4.69) is 33.4 Å². The number of anilines is 1. The molecule has 2 aromatic heterocycles. The van der Waals surface area contributed by atoms with Crippen LogP contribution in [0, 0.1) is 0 Å². The van der Waals surface area contributed by atoms with Crippen molar-refractivity contribution in [1.29, 1.82) is 0 Å². The number of carbonyl (C=O) groups is 1. The molecule has 4 nitrogen and oxygen atoms in total. The Morgan fingerprint density at radius 3 is 3.05 bits per heavy atom. The molecule has 0 saturated heterocycles. The Morgan fingerprint density at radius 2 is 2.42 bits per heavy atom. The highest BCUT2D eigenvalue weighted by atomic mass is 32.1. The summed E-state index contributed by atoms with van der Waals surface area (Å²) in [5.41, 5.74) is 0. The Labute approximate surface area is 120 Å². The molecule has 0 saturated carbocycles. The van der Waals surface area contributed by atoms with E-state index in [0.29, 0.717) is 4.88 Å². The molecule has 0 aliphatic rings. The van der Waals surface area contributed by atoms with Crippen LogP contribution in [-0.4, -0.2) is 18.1 Å². The van der Waals surface area contributed by atoms with Crippen molar-refractivity contribution in [3.05, 3.63) is 33.5 Å². The van der Waals surface area contributed by atoms with Crippen molar-refractivity contribution in [2.24, 2.45) is 0 Å². The molecule has 0 aromatic carbocycles. The zero-order valence-corrected chi connectivity index (χ0v) is 12.5. The fraction of sp³-hybridized carbons (Fsp3) is 0.385. The van der Waals surface area contributed by atoms with E-state index in [1.807, 2.05) is 6.07 Å². The number of carbonyl (C=O) groups excluding carboxylic acids is 1. The van der Waals surface area contributed by atoms with Crippen LogP contribution in [0.5, 0.6) is 0 Å². The summed E-state index contributed by atoms with van der Waals surface area (Å²) in [4.78, 5) is 17.4. The highest BCUT2D eigenvalue weighted by molar-refractivity contribution is 7.17. The molecule has 1 unspecified atom stereocenters. The molecular weight excluding hydrogens is 280 g/mol. The van der Waals surface area contributed by atoms with Gasteiger partial charge < -0.3 is 10.1 Å². The van der Waals surface area contributed by atoms with E-state index in [-0.39, 0.29) is 12.0 Å². The number of hydrogen-bond donors (Lipinski definition) is 1. The van der Waals surface area contributed by atoms with Gasteiger partial charge in [0.2, 0.25) is 0 Å². The standard InChI is InChI=1S/C13H16N2O2S2/c1-3-5-9(10-6-4-7-18-10)15-13-14-8-11(19-13)12(16)17-2/h4,6-9H,3,5H2,1-2H3,(H,14,15). The zero-order valence-electron chi connectivity index (χ0n) is 10.9. The number of ether oxygens (including phenoxy) is 1. The van der Waals surface area contributed by atoms with Crippen molar-refractivity contribution in [3.63, 3.8) is 0 Å². The van der Waals surface area contributed by atoms with Crippen LogP contribution in [0.2, 0.25) is 0 Å². The van der Waals surface area contributed by atoms with Crippen molar-refractivity contribution in [2.75, 3.05) is 12.4 Å². The molecule has 0 amide bonds. The second kappa shape index (κ2) is 6.68. The number of thiophene rings is 1. The largest absolute Gasteiger partial charge is 0.465 e. The third-order valence-electron chi connectivity index (χ3n) is 2.65. The number of thiazole rings is 1. The van der Waals surface area contributed by atoms with Gasteiger partial charge in [-0.05, 0) is 17.9 Å². The maximum absolute atomic E-state index is 11.4. The monoisotopic (exact) mass is 296 g/mol. The van der Waals surface area contributed by atoms with Gasteiger partial charge in [0.15, 0.2) is 5.13 Å². The Bertz CT molecular complexity index is 522. The van der Waals surface area contributed by atoms with Gasteiger partial charge in [0, 0.05) is 4.88 Å². The topological polar surface area (TPSA) is 51.2 Å². The van der Waals surface area contributed by atoms with E-state index in [0.717, 1.165) is 18.0 Å². The Hall–Kier alpha value is -1.40. The van der Waals surface area contributed by atoms with E-state index < -0.39 is 0 Å². The first-order valence-electron chi connectivity index (χ1n) is 6.08. The van der Waals surface area contributed by atoms with Crippen LogP contribution in [0.25, 0.3) is 0 Å². The van der Waals surface area contributed by atoms with E-state index in [1.165, 1.54) is 23.3 Å². The van der Waals surface area contributed by atoms with E-state index in [1.54, 1.807) is 17.5 Å². The lowest BCUT2D eigenvalue weighted by molar-refractivity contribution is 0.0606. The summed E-state index contributed by atoms with van der Waals surface area (Å²) < 4.78 is 4.68. The van der Waals surface area contributed by atoms with Crippen molar-refractivity contribution in [1.82, 2.24) is 4.98 Å². The van der Waals surface area contributed by atoms with Gasteiger partial charge >= 0.3 is 5.97 Å². The van der Waals surface area contributed by atoms with Crippen LogP contribution in [0.4, 0.5) is 5.13 Å². The molecule has 2 aromatic rings. The number of rotatable bonds is 6. The van der Waals surface area contributed by atoms with Gasteiger partial charge in [-0.1, -0.05) is 30.7 Å². The summed E-state index contributed by atoms with van der Waals surface area (Å²) in [6.45, 7) is 2.16. The minimum atomic E-state index is -0.339. The number of hydrogen-bond acceptors (Lipinski definition) is 6. The molecule has 0 spiro atoms. The molecular formula is C13H16N2O2S2. The molecule has 6 heteroatoms. The van der Waals surface area contributed by atoms with Crippen molar-refractivity contribution in [3.8, 4) is 0 Å². The molecule has 19 heavy (non-hydrogen) atoms. The van der Waals surface area contributed by atoms with Crippen LogP contribution >= 0.6 is 22.7 Å². The summed E-state index contributed by atoms with van der Waals surface area (Å²) >= 11 is 3.06.